The van der Waals surface area contributed by atoms with E-state index in [-0.39, 0.29) is 0 Å². The summed E-state index contributed by atoms with van der Waals surface area (Å²) in [5, 5.41) is 18.0. The summed E-state index contributed by atoms with van der Waals surface area (Å²) in [6.07, 6.45) is 2.57. The summed E-state index contributed by atoms with van der Waals surface area (Å²) in [4.78, 5) is 2.44. The molecule has 1 aliphatic rings. The molecule has 0 bridgehead atoms. The zero-order valence-corrected chi connectivity index (χ0v) is 11.5. The van der Waals surface area contributed by atoms with Gasteiger partial charge in [-0.1, -0.05) is 25.5 Å². The van der Waals surface area contributed by atoms with E-state index in [1.54, 1.807) is 24.3 Å². The maximum Gasteiger partial charge on any atom is 0.488 e. The number of hydrogen-bond acceptors (Lipinski definition) is 4. The Morgan fingerprint density at radius 1 is 1.32 bits per heavy atom. The van der Waals surface area contributed by atoms with Crippen LogP contribution in [0.5, 0.6) is 5.75 Å². The average Bonchev–Trinajstić information content (AvgIpc) is 2.87. The second-order valence-corrected chi connectivity index (χ2v) is 5.15. The van der Waals surface area contributed by atoms with Crippen LogP contribution in [0.25, 0.3) is 0 Å². The quantitative estimate of drug-likeness (QED) is 0.733. The van der Waals surface area contributed by atoms with Gasteiger partial charge in [0.15, 0.2) is 0 Å². The lowest BCUT2D eigenvalue weighted by Crippen LogP contribution is -2.29. The van der Waals surface area contributed by atoms with Gasteiger partial charge >= 0.3 is 7.12 Å². The number of nitrogens with zero attached hydrogens (tertiary/aromatic N) is 1. The molecular weight excluding hydrogens is 241 g/mol. The van der Waals surface area contributed by atoms with Crippen molar-refractivity contribution in [2.24, 2.45) is 5.92 Å². The van der Waals surface area contributed by atoms with Crippen LogP contribution in [0.1, 0.15) is 19.8 Å². The molecule has 0 radical (unpaired) electrons. The molecule has 1 fully saturated rings. The molecule has 0 saturated carbocycles. The van der Waals surface area contributed by atoms with Crippen molar-refractivity contribution < 1.29 is 14.8 Å². The van der Waals surface area contributed by atoms with E-state index in [0.717, 1.165) is 18.2 Å². The minimum atomic E-state index is -1.41. The third-order valence-electron chi connectivity index (χ3n) is 3.80. The number of rotatable bonds is 6. The summed E-state index contributed by atoms with van der Waals surface area (Å²) in [6.45, 7) is 6.26. The lowest BCUT2D eigenvalue weighted by molar-refractivity contribution is 0.232. The molecule has 2 N–H and O–H groups in total. The summed E-state index contributed by atoms with van der Waals surface area (Å²) in [6, 6.07) is 6.88. The minimum absolute atomic E-state index is 0.484. The molecule has 1 heterocycles. The first-order valence-corrected chi connectivity index (χ1v) is 7.00. The predicted molar refractivity (Wildman–Crippen MR) is 76.6 cm³/mol. The molecule has 0 aromatic heterocycles. The molecule has 1 saturated heterocycles. The highest BCUT2D eigenvalue weighted by Gasteiger charge is 2.20. The number of ether oxygens (including phenoxy) is 1. The van der Waals surface area contributed by atoms with Gasteiger partial charge in [0.1, 0.15) is 12.4 Å². The Morgan fingerprint density at radius 2 is 2.05 bits per heavy atom. The molecule has 1 aromatic rings. The standard InChI is InChI=1S/C14H22BNO3/c1-2-12-7-8-16(11-12)9-10-19-14-5-3-13(4-6-14)15(17)18/h3-6,12,17-18H,2,7-11H2,1H3. The van der Waals surface area contributed by atoms with Crippen molar-refractivity contribution in [1.82, 2.24) is 4.90 Å². The topological polar surface area (TPSA) is 52.9 Å². The van der Waals surface area contributed by atoms with Crippen LogP contribution in [0, 0.1) is 5.92 Å². The summed E-state index contributed by atoms with van der Waals surface area (Å²) < 4.78 is 5.67. The van der Waals surface area contributed by atoms with Crippen LogP contribution in [0.2, 0.25) is 0 Å². The van der Waals surface area contributed by atoms with Gasteiger partial charge in [-0.2, -0.15) is 0 Å². The van der Waals surface area contributed by atoms with Crippen molar-refractivity contribution >= 4 is 12.6 Å². The monoisotopic (exact) mass is 263 g/mol. The van der Waals surface area contributed by atoms with E-state index in [1.165, 1.54) is 25.9 Å². The Balaban J connectivity index is 1.71. The van der Waals surface area contributed by atoms with Gasteiger partial charge in [0.05, 0.1) is 0 Å². The smallest absolute Gasteiger partial charge is 0.488 e. The van der Waals surface area contributed by atoms with E-state index in [2.05, 4.69) is 11.8 Å². The van der Waals surface area contributed by atoms with Crippen molar-refractivity contribution in [3.8, 4) is 5.75 Å². The van der Waals surface area contributed by atoms with Crippen LogP contribution in [0.3, 0.4) is 0 Å². The summed E-state index contributed by atoms with van der Waals surface area (Å²) in [7, 11) is -1.41. The molecule has 1 atom stereocenters. The van der Waals surface area contributed by atoms with Gasteiger partial charge in [0.2, 0.25) is 0 Å². The van der Waals surface area contributed by atoms with E-state index < -0.39 is 7.12 Å². The molecule has 2 rings (SSSR count). The number of benzene rings is 1. The molecule has 0 aliphatic carbocycles. The van der Waals surface area contributed by atoms with Gasteiger partial charge in [-0.15, -0.1) is 0 Å². The maximum absolute atomic E-state index is 8.99. The molecule has 1 unspecified atom stereocenters. The highest BCUT2D eigenvalue weighted by Crippen LogP contribution is 2.18. The first-order valence-electron chi connectivity index (χ1n) is 7.00. The lowest BCUT2D eigenvalue weighted by Gasteiger charge is -2.16. The third kappa shape index (κ3) is 4.23. The van der Waals surface area contributed by atoms with Gasteiger partial charge in [-0.3, -0.25) is 4.90 Å². The molecule has 19 heavy (non-hydrogen) atoms. The van der Waals surface area contributed by atoms with Gasteiger partial charge in [-0.05, 0) is 36.5 Å². The van der Waals surface area contributed by atoms with Gasteiger partial charge in [-0.25, -0.2) is 0 Å². The largest absolute Gasteiger partial charge is 0.492 e. The fourth-order valence-corrected chi connectivity index (χ4v) is 2.48. The van der Waals surface area contributed by atoms with E-state index in [0.29, 0.717) is 12.1 Å². The Kier molecular flexibility index (Phi) is 5.25. The predicted octanol–water partition coefficient (Wildman–Crippen LogP) is 0.477. The Bertz CT molecular complexity index is 383. The molecule has 1 aromatic carbocycles. The highest BCUT2D eigenvalue weighted by molar-refractivity contribution is 6.58. The molecule has 104 valence electrons. The fraction of sp³-hybridized carbons (Fsp3) is 0.571. The first kappa shape index (κ1) is 14.4. The third-order valence-corrected chi connectivity index (χ3v) is 3.80. The second-order valence-electron chi connectivity index (χ2n) is 5.15. The van der Waals surface area contributed by atoms with Gasteiger partial charge in [0.25, 0.3) is 0 Å². The SMILES string of the molecule is CCC1CCN(CCOc2ccc(B(O)O)cc2)C1. The number of hydrogen-bond donors (Lipinski definition) is 2. The summed E-state index contributed by atoms with van der Waals surface area (Å²) >= 11 is 0. The summed E-state index contributed by atoms with van der Waals surface area (Å²) in [5.41, 5.74) is 0.484. The lowest BCUT2D eigenvalue weighted by atomic mass is 9.80. The number of likely N-dealkylation sites (tertiary alicyclic amines) is 1. The van der Waals surface area contributed by atoms with Crippen molar-refractivity contribution in [2.75, 3.05) is 26.2 Å². The van der Waals surface area contributed by atoms with Crippen LogP contribution in [-0.2, 0) is 0 Å². The maximum atomic E-state index is 8.99. The molecule has 5 heteroatoms. The van der Waals surface area contributed by atoms with Crippen LogP contribution in [0.4, 0.5) is 0 Å². The zero-order valence-electron chi connectivity index (χ0n) is 11.5. The van der Waals surface area contributed by atoms with Crippen LogP contribution < -0.4 is 10.2 Å². The Morgan fingerprint density at radius 3 is 2.63 bits per heavy atom. The van der Waals surface area contributed by atoms with E-state index >= 15 is 0 Å². The molecule has 0 amide bonds. The van der Waals surface area contributed by atoms with E-state index in [1.807, 2.05) is 0 Å². The Labute approximate surface area is 115 Å². The summed E-state index contributed by atoms with van der Waals surface area (Å²) in [5.74, 6) is 1.63. The van der Waals surface area contributed by atoms with Crippen molar-refractivity contribution in [3.05, 3.63) is 24.3 Å². The van der Waals surface area contributed by atoms with Gasteiger partial charge in [0, 0.05) is 13.1 Å². The average molecular weight is 263 g/mol. The van der Waals surface area contributed by atoms with Gasteiger partial charge < -0.3 is 14.8 Å². The molecular formula is C14H22BNO3. The normalized spacial score (nSPS) is 19.6. The van der Waals surface area contributed by atoms with E-state index in [9.17, 15) is 0 Å². The molecule has 1 aliphatic heterocycles. The van der Waals surface area contributed by atoms with Crippen molar-refractivity contribution in [2.45, 2.75) is 19.8 Å². The first-order chi connectivity index (χ1) is 9.19. The van der Waals surface area contributed by atoms with Crippen LogP contribution >= 0.6 is 0 Å². The van der Waals surface area contributed by atoms with Crippen LogP contribution in [-0.4, -0.2) is 48.3 Å². The van der Waals surface area contributed by atoms with Crippen LogP contribution in [0.15, 0.2) is 24.3 Å². The zero-order chi connectivity index (χ0) is 13.7. The molecule has 0 spiro atoms. The van der Waals surface area contributed by atoms with Crippen molar-refractivity contribution in [3.63, 3.8) is 0 Å². The Hall–Kier alpha value is -1.04. The fourth-order valence-electron chi connectivity index (χ4n) is 2.48. The second kappa shape index (κ2) is 6.94. The van der Waals surface area contributed by atoms with Crippen molar-refractivity contribution in [1.29, 1.82) is 0 Å². The molecule has 4 nitrogen and oxygen atoms in total. The van der Waals surface area contributed by atoms with E-state index in [4.69, 9.17) is 14.8 Å². The highest BCUT2D eigenvalue weighted by atomic mass is 16.5. The minimum Gasteiger partial charge on any atom is -0.492 e.